The fraction of sp³-hybridized carbons (Fsp3) is 0.556. The third-order valence-electron chi connectivity index (χ3n) is 4.09. The summed E-state index contributed by atoms with van der Waals surface area (Å²) >= 11 is 0. The highest BCUT2D eigenvalue weighted by Gasteiger charge is 2.27. The number of rotatable bonds is 3. The summed E-state index contributed by atoms with van der Waals surface area (Å²) in [6, 6.07) is 5.24. The summed E-state index contributed by atoms with van der Waals surface area (Å²) in [6.07, 6.45) is -0.297. The standard InChI is InChI=1S/C18H24N2O5/c1-18(2,3)25-17(22)20-8-6-19(7-9-20)11-14(21)13-4-5-15-16(10-13)24-12-23-15/h4-5,10H,6-9,11-12H2,1-3H3. The number of benzene rings is 1. The lowest BCUT2D eigenvalue weighted by Gasteiger charge is -2.35. The molecule has 7 heteroatoms. The van der Waals surface area contributed by atoms with E-state index < -0.39 is 5.60 Å². The molecule has 0 unspecified atom stereocenters. The largest absolute Gasteiger partial charge is 0.454 e. The van der Waals surface area contributed by atoms with Gasteiger partial charge >= 0.3 is 6.09 Å². The Bertz CT molecular complexity index is 660. The molecular weight excluding hydrogens is 324 g/mol. The molecule has 2 heterocycles. The van der Waals surface area contributed by atoms with E-state index in [2.05, 4.69) is 0 Å². The Labute approximate surface area is 147 Å². The number of hydrogen-bond donors (Lipinski definition) is 0. The molecule has 0 bridgehead atoms. The van der Waals surface area contributed by atoms with Crippen molar-refractivity contribution in [2.45, 2.75) is 26.4 Å². The van der Waals surface area contributed by atoms with Gasteiger partial charge in [-0.15, -0.1) is 0 Å². The van der Waals surface area contributed by atoms with Crippen LogP contribution in [0, 0.1) is 0 Å². The highest BCUT2D eigenvalue weighted by atomic mass is 16.7. The molecule has 1 aromatic rings. The van der Waals surface area contributed by atoms with Crippen molar-refractivity contribution in [1.29, 1.82) is 0 Å². The number of hydrogen-bond acceptors (Lipinski definition) is 6. The minimum Gasteiger partial charge on any atom is -0.454 e. The molecule has 1 amide bonds. The van der Waals surface area contributed by atoms with Crippen LogP contribution in [0.15, 0.2) is 18.2 Å². The van der Waals surface area contributed by atoms with Crippen LogP contribution >= 0.6 is 0 Å². The maximum atomic E-state index is 12.5. The van der Waals surface area contributed by atoms with Gasteiger partial charge in [0.2, 0.25) is 6.79 Å². The summed E-state index contributed by atoms with van der Waals surface area (Å²) in [5, 5.41) is 0. The van der Waals surface area contributed by atoms with Crippen molar-refractivity contribution in [1.82, 2.24) is 9.80 Å². The minimum atomic E-state index is -0.496. The van der Waals surface area contributed by atoms with Crippen LogP contribution in [-0.4, -0.2) is 66.8 Å². The summed E-state index contributed by atoms with van der Waals surface area (Å²) in [7, 11) is 0. The molecule has 0 saturated carbocycles. The Hall–Kier alpha value is -2.28. The summed E-state index contributed by atoms with van der Waals surface area (Å²) in [6.45, 7) is 8.49. The Kier molecular flexibility index (Phi) is 4.85. The molecule has 3 rings (SSSR count). The van der Waals surface area contributed by atoms with Crippen molar-refractivity contribution in [3.8, 4) is 11.5 Å². The van der Waals surface area contributed by atoms with Gasteiger partial charge < -0.3 is 19.1 Å². The first-order chi connectivity index (χ1) is 11.8. The topological polar surface area (TPSA) is 68.3 Å². The normalized spacial score (nSPS) is 17.5. The van der Waals surface area contributed by atoms with Crippen molar-refractivity contribution >= 4 is 11.9 Å². The number of carbonyl (C=O) groups excluding carboxylic acids is 2. The van der Waals surface area contributed by atoms with Crippen LogP contribution in [0.3, 0.4) is 0 Å². The van der Waals surface area contributed by atoms with Crippen molar-refractivity contribution < 1.29 is 23.8 Å². The van der Waals surface area contributed by atoms with Crippen molar-refractivity contribution in [3.63, 3.8) is 0 Å². The van der Waals surface area contributed by atoms with Crippen LogP contribution in [0.25, 0.3) is 0 Å². The summed E-state index contributed by atoms with van der Waals surface area (Å²) in [5.41, 5.74) is 0.114. The van der Waals surface area contributed by atoms with Crippen LogP contribution in [0.5, 0.6) is 11.5 Å². The van der Waals surface area contributed by atoms with Gasteiger partial charge in [-0.25, -0.2) is 4.79 Å². The zero-order valence-corrected chi connectivity index (χ0v) is 14.9. The summed E-state index contributed by atoms with van der Waals surface area (Å²) in [5.74, 6) is 1.31. The van der Waals surface area contributed by atoms with E-state index in [1.807, 2.05) is 25.7 Å². The number of carbonyl (C=O) groups is 2. The number of amides is 1. The van der Waals surface area contributed by atoms with Gasteiger partial charge in [-0.05, 0) is 39.0 Å². The lowest BCUT2D eigenvalue weighted by Crippen LogP contribution is -2.51. The Balaban J connectivity index is 1.50. The third kappa shape index (κ3) is 4.42. The number of nitrogens with zero attached hydrogens (tertiary/aromatic N) is 2. The molecule has 1 saturated heterocycles. The van der Waals surface area contributed by atoms with Gasteiger partial charge in [0.25, 0.3) is 0 Å². The van der Waals surface area contributed by atoms with Crippen molar-refractivity contribution in [3.05, 3.63) is 23.8 Å². The second-order valence-electron chi connectivity index (χ2n) is 7.23. The number of Topliss-reactive ketones (excluding diaryl/α,β-unsaturated/α-hetero) is 1. The number of piperazine rings is 1. The Morgan fingerprint density at radius 2 is 1.76 bits per heavy atom. The fourth-order valence-corrected chi connectivity index (χ4v) is 2.78. The van der Waals surface area contributed by atoms with Gasteiger partial charge in [0.05, 0.1) is 6.54 Å². The highest BCUT2D eigenvalue weighted by molar-refractivity contribution is 5.98. The molecule has 0 atom stereocenters. The van der Waals surface area contributed by atoms with Gasteiger partial charge in [-0.3, -0.25) is 9.69 Å². The predicted molar refractivity (Wildman–Crippen MR) is 91.1 cm³/mol. The lowest BCUT2D eigenvalue weighted by atomic mass is 10.1. The maximum absolute atomic E-state index is 12.5. The van der Waals surface area contributed by atoms with Crippen LogP contribution in [-0.2, 0) is 4.74 Å². The first-order valence-corrected chi connectivity index (χ1v) is 8.45. The first kappa shape index (κ1) is 17.5. The van der Waals surface area contributed by atoms with E-state index in [0.717, 1.165) is 0 Å². The zero-order chi connectivity index (χ0) is 18.0. The van der Waals surface area contributed by atoms with Crippen LogP contribution < -0.4 is 9.47 Å². The molecule has 1 aromatic carbocycles. The average Bonchev–Trinajstić information content (AvgIpc) is 3.01. The maximum Gasteiger partial charge on any atom is 0.410 e. The summed E-state index contributed by atoms with van der Waals surface area (Å²) in [4.78, 5) is 28.3. The number of ether oxygens (including phenoxy) is 3. The van der Waals surface area contributed by atoms with Gasteiger partial charge in [0.1, 0.15) is 5.60 Å². The SMILES string of the molecule is CC(C)(C)OC(=O)N1CCN(CC(=O)c2ccc3c(c2)OCO3)CC1. The van der Waals surface area contributed by atoms with Crippen molar-refractivity contribution in [2.24, 2.45) is 0 Å². The van der Waals surface area contributed by atoms with Gasteiger partial charge in [-0.2, -0.15) is 0 Å². The molecular formula is C18H24N2O5. The van der Waals surface area contributed by atoms with Gasteiger partial charge in [0.15, 0.2) is 17.3 Å². The van der Waals surface area contributed by atoms with Crippen molar-refractivity contribution in [2.75, 3.05) is 39.5 Å². The highest BCUT2D eigenvalue weighted by Crippen LogP contribution is 2.32. The molecule has 0 aliphatic carbocycles. The molecule has 1 fully saturated rings. The zero-order valence-electron chi connectivity index (χ0n) is 14.9. The number of ketones is 1. The molecule has 0 N–H and O–H groups in total. The fourth-order valence-electron chi connectivity index (χ4n) is 2.78. The van der Waals surface area contributed by atoms with Crippen LogP contribution in [0.4, 0.5) is 4.79 Å². The monoisotopic (exact) mass is 348 g/mol. The van der Waals surface area contributed by atoms with E-state index >= 15 is 0 Å². The Morgan fingerprint density at radius 3 is 2.44 bits per heavy atom. The Morgan fingerprint density at radius 1 is 1.08 bits per heavy atom. The third-order valence-corrected chi connectivity index (χ3v) is 4.09. The van der Waals surface area contributed by atoms with Crippen LogP contribution in [0.1, 0.15) is 31.1 Å². The molecule has 0 spiro atoms. The van der Waals surface area contributed by atoms with E-state index in [0.29, 0.717) is 49.8 Å². The molecule has 136 valence electrons. The predicted octanol–water partition coefficient (Wildman–Crippen LogP) is 2.15. The second-order valence-corrected chi connectivity index (χ2v) is 7.23. The molecule has 2 aliphatic heterocycles. The lowest BCUT2D eigenvalue weighted by molar-refractivity contribution is 0.0149. The van der Waals surface area contributed by atoms with E-state index in [4.69, 9.17) is 14.2 Å². The summed E-state index contributed by atoms with van der Waals surface area (Å²) < 4.78 is 16.0. The molecule has 25 heavy (non-hydrogen) atoms. The minimum absolute atomic E-state index is 0.0315. The van der Waals surface area contributed by atoms with E-state index in [1.54, 1.807) is 23.1 Å². The molecule has 7 nitrogen and oxygen atoms in total. The first-order valence-electron chi connectivity index (χ1n) is 8.45. The van der Waals surface area contributed by atoms with Gasteiger partial charge in [-0.1, -0.05) is 0 Å². The molecule has 2 aliphatic rings. The molecule has 0 radical (unpaired) electrons. The number of fused-ring (bicyclic) bond motifs is 1. The average molecular weight is 348 g/mol. The second kappa shape index (κ2) is 6.92. The quantitative estimate of drug-likeness (QED) is 0.780. The van der Waals surface area contributed by atoms with E-state index in [1.165, 1.54) is 0 Å². The van der Waals surface area contributed by atoms with E-state index in [-0.39, 0.29) is 18.7 Å². The van der Waals surface area contributed by atoms with E-state index in [9.17, 15) is 9.59 Å². The smallest absolute Gasteiger partial charge is 0.410 e. The van der Waals surface area contributed by atoms with Gasteiger partial charge in [0, 0.05) is 31.7 Å². The molecule has 0 aromatic heterocycles. The van der Waals surface area contributed by atoms with Crippen LogP contribution in [0.2, 0.25) is 0 Å².